The number of methoxy groups -OCH3 is 1. The van der Waals surface area contributed by atoms with Crippen LogP contribution in [-0.2, 0) is 11.3 Å². The van der Waals surface area contributed by atoms with Crippen LogP contribution in [0.25, 0.3) is 11.4 Å². The van der Waals surface area contributed by atoms with Crippen LogP contribution >= 0.6 is 15.9 Å². The summed E-state index contributed by atoms with van der Waals surface area (Å²) in [7, 11) is 1.57. The monoisotopic (exact) mass is 387 g/mol. The maximum absolute atomic E-state index is 12.1. The minimum atomic E-state index is -0.251. The lowest BCUT2D eigenvalue weighted by Crippen LogP contribution is -2.20. The second-order valence-electron chi connectivity index (χ2n) is 4.90. The van der Waals surface area contributed by atoms with Crippen LogP contribution in [0.1, 0.15) is 0 Å². The number of halogens is 1. The molecule has 1 aromatic heterocycles. The van der Waals surface area contributed by atoms with E-state index in [-0.39, 0.29) is 12.5 Å². The van der Waals surface area contributed by atoms with E-state index in [9.17, 15) is 4.79 Å². The normalized spacial score (nSPS) is 10.4. The highest BCUT2D eigenvalue weighted by Gasteiger charge is 2.11. The standard InChI is InChI=1S/C16H14BrN5O2/c1-24-12-6-4-5-11(9-12)18-15(23)10-22-20-16(19-21-22)13-7-2-3-8-14(13)17/h2-9H,10H2,1H3,(H,18,23). The number of amides is 1. The fourth-order valence-corrected chi connectivity index (χ4v) is 2.55. The van der Waals surface area contributed by atoms with Gasteiger partial charge in [-0.15, -0.1) is 10.2 Å². The average Bonchev–Trinajstić information content (AvgIpc) is 3.03. The molecule has 0 bridgehead atoms. The Morgan fingerprint density at radius 3 is 2.88 bits per heavy atom. The lowest BCUT2D eigenvalue weighted by atomic mass is 10.2. The fraction of sp³-hybridized carbons (Fsp3) is 0.125. The van der Waals surface area contributed by atoms with E-state index in [4.69, 9.17) is 4.74 Å². The summed E-state index contributed by atoms with van der Waals surface area (Å²) in [5.41, 5.74) is 1.46. The molecule has 1 heterocycles. The molecule has 0 aliphatic carbocycles. The van der Waals surface area contributed by atoms with Crippen LogP contribution in [0.2, 0.25) is 0 Å². The van der Waals surface area contributed by atoms with Gasteiger partial charge in [-0.1, -0.05) is 34.1 Å². The van der Waals surface area contributed by atoms with E-state index in [1.807, 2.05) is 24.3 Å². The quantitative estimate of drug-likeness (QED) is 0.727. The highest BCUT2D eigenvalue weighted by atomic mass is 79.9. The van der Waals surface area contributed by atoms with Gasteiger partial charge in [0.2, 0.25) is 11.7 Å². The lowest BCUT2D eigenvalue weighted by Gasteiger charge is -2.06. The highest BCUT2D eigenvalue weighted by Crippen LogP contribution is 2.24. The molecule has 7 nitrogen and oxygen atoms in total. The van der Waals surface area contributed by atoms with E-state index in [2.05, 4.69) is 36.7 Å². The Kier molecular flexibility index (Phi) is 4.85. The molecule has 0 fully saturated rings. The number of carbonyl (C=O) groups is 1. The van der Waals surface area contributed by atoms with E-state index in [0.717, 1.165) is 10.0 Å². The Hall–Kier alpha value is -2.74. The molecule has 0 spiro atoms. The number of nitrogens with one attached hydrogen (secondary N) is 1. The number of anilines is 1. The fourth-order valence-electron chi connectivity index (χ4n) is 2.09. The first kappa shape index (κ1) is 16.1. The summed E-state index contributed by atoms with van der Waals surface area (Å²) in [6.07, 6.45) is 0. The molecule has 0 atom stereocenters. The van der Waals surface area contributed by atoms with Gasteiger partial charge in [-0.25, -0.2) is 0 Å². The van der Waals surface area contributed by atoms with Gasteiger partial charge in [0.25, 0.3) is 0 Å². The van der Waals surface area contributed by atoms with E-state index in [1.165, 1.54) is 4.80 Å². The number of hydrogen-bond donors (Lipinski definition) is 1. The van der Waals surface area contributed by atoms with Gasteiger partial charge in [0.05, 0.1) is 7.11 Å². The third kappa shape index (κ3) is 3.77. The summed E-state index contributed by atoms with van der Waals surface area (Å²) in [6, 6.07) is 14.7. The highest BCUT2D eigenvalue weighted by molar-refractivity contribution is 9.10. The number of rotatable bonds is 5. The molecule has 0 aliphatic heterocycles. The average molecular weight is 388 g/mol. The van der Waals surface area contributed by atoms with Crippen LogP contribution in [0.4, 0.5) is 5.69 Å². The summed E-state index contributed by atoms with van der Waals surface area (Å²) >= 11 is 3.44. The number of ether oxygens (including phenoxy) is 1. The van der Waals surface area contributed by atoms with Gasteiger partial charge in [0, 0.05) is 21.8 Å². The molecule has 0 saturated carbocycles. The summed E-state index contributed by atoms with van der Waals surface area (Å²) < 4.78 is 5.99. The van der Waals surface area contributed by atoms with Crippen LogP contribution in [-0.4, -0.2) is 33.2 Å². The van der Waals surface area contributed by atoms with Crippen LogP contribution in [0.15, 0.2) is 53.0 Å². The molecule has 0 unspecified atom stereocenters. The first-order chi connectivity index (χ1) is 11.7. The van der Waals surface area contributed by atoms with Gasteiger partial charge in [-0.05, 0) is 29.5 Å². The molecular formula is C16H14BrN5O2. The zero-order valence-electron chi connectivity index (χ0n) is 12.8. The SMILES string of the molecule is COc1cccc(NC(=O)Cn2nnc(-c3ccccc3Br)n2)c1. The molecule has 1 amide bonds. The van der Waals surface area contributed by atoms with Crippen LogP contribution < -0.4 is 10.1 Å². The summed E-state index contributed by atoms with van der Waals surface area (Å²) in [6.45, 7) is -0.0331. The van der Waals surface area contributed by atoms with Crippen LogP contribution in [0.3, 0.4) is 0 Å². The van der Waals surface area contributed by atoms with Crippen molar-refractivity contribution in [2.45, 2.75) is 6.54 Å². The molecular weight excluding hydrogens is 374 g/mol. The van der Waals surface area contributed by atoms with Crippen molar-refractivity contribution in [3.05, 3.63) is 53.0 Å². The minimum absolute atomic E-state index is 0.0331. The minimum Gasteiger partial charge on any atom is -0.497 e. The molecule has 24 heavy (non-hydrogen) atoms. The van der Waals surface area contributed by atoms with E-state index < -0.39 is 0 Å². The molecule has 0 aliphatic rings. The maximum atomic E-state index is 12.1. The lowest BCUT2D eigenvalue weighted by molar-refractivity contribution is -0.117. The van der Waals surface area contributed by atoms with Crippen molar-refractivity contribution in [1.82, 2.24) is 20.2 Å². The first-order valence-electron chi connectivity index (χ1n) is 7.12. The van der Waals surface area contributed by atoms with Gasteiger partial charge in [-0.2, -0.15) is 4.80 Å². The van der Waals surface area contributed by atoms with Crippen molar-refractivity contribution < 1.29 is 9.53 Å². The third-order valence-electron chi connectivity index (χ3n) is 3.21. The maximum Gasteiger partial charge on any atom is 0.248 e. The molecule has 0 radical (unpaired) electrons. The summed E-state index contributed by atoms with van der Waals surface area (Å²) in [4.78, 5) is 13.4. The zero-order valence-corrected chi connectivity index (χ0v) is 14.4. The number of tetrazole rings is 1. The number of hydrogen-bond acceptors (Lipinski definition) is 5. The Morgan fingerprint density at radius 1 is 1.25 bits per heavy atom. The predicted octanol–water partition coefficient (Wildman–Crippen LogP) is 2.75. The molecule has 122 valence electrons. The van der Waals surface area contributed by atoms with E-state index in [0.29, 0.717) is 17.3 Å². The molecule has 8 heteroatoms. The summed E-state index contributed by atoms with van der Waals surface area (Å²) in [5.74, 6) is 0.874. The van der Waals surface area contributed by atoms with Crippen molar-refractivity contribution in [3.63, 3.8) is 0 Å². The molecule has 2 aromatic carbocycles. The Bertz CT molecular complexity index is 865. The number of nitrogens with zero attached hydrogens (tertiary/aromatic N) is 4. The van der Waals surface area contributed by atoms with Crippen molar-refractivity contribution in [2.75, 3.05) is 12.4 Å². The van der Waals surface area contributed by atoms with Crippen molar-refractivity contribution >= 4 is 27.5 Å². The largest absolute Gasteiger partial charge is 0.497 e. The summed E-state index contributed by atoms with van der Waals surface area (Å²) in [5, 5.41) is 14.9. The zero-order chi connectivity index (χ0) is 16.9. The van der Waals surface area contributed by atoms with Crippen LogP contribution in [0, 0.1) is 0 Å². The number of aromatic nitrogens is 4. The van der Waals surface area contributed by atoms with Gasteiger partial charge in [-0.3, -0.25) is 4.79 Å². The van der Waals surface area contributed by atoms with Gasteiger partial charge >= 0.3 is 0 Å². The van der Waals surface area contributed by atoms with E-state index >= 15 is 0 Å². The molecule has 0 saturated heterocycles. The second-order valence-corrected chi connectivity index (χ2v) is 5.76. The Morgan fingerprint density at radius 2 is 2.08 bits per heavy atom. The van der Waals surface area contributed by atoms with Gasteiger partial charge in [0.1, 0.15) is 12.3 Å². The smallest absolute Gasteiger partial charge is 0.248 e. The van der Waals surface area contributed by atoms with E-state index in [1.54, 1.807) is 31.4 Å². The second kappa shape index (κ2) is 7.22. The Labute approximate surface area is 146 Å². The van der Waals surface area contributed by atoms with Crippen molar-refractivity contribution in [1.29, 1.82) is 0 Å². The molecule has 3 aromatic rings. The number of carbonyl (C=O) groups excluding carboxylic acids is 1. The third-order valence-corrected chi connectivity index (χ3v) is 3.90. The topological polar surface area (TPSA) is 81.9 Å². The van der Waals surface area contributed by atoms with Gasteiger partial charge in [0.15, 0.2) is 0 Å². The van der Waals surface area contributed by atoms with Crippen LogP contribution in [0.5, 0.6) is 5.75 Å². The predicted molar refractivity (Wildman–Crippen MR) is 92.6 cm³/mol. The van der Waals surface area contributed by atoms with Crippen molar-refractivity contribution in [2.24, 2.45) is 0 Å². The molecule has 3 rings (SSSR count). The Balaban J connectivity index is 1.68. The van der Waals surface area contributed by atoms with Crippen molar-refractivity contribution in [3.8, 4) is 17.1 Å². The number of benzene rings is 2. The van der Waals surface area contributed by atoms with Gasteiger partial charge < -0.3 is 10.1 Å². The first-order valence-corrected chi connectivity index (χ1v) is 7.91. The molecule has 1 N–H and O–H groups in total.